The summed E-state index contributed by atoms with van der Waals surface area (Å²) in [6, 6.07) is 4.79. The zero-order chi connectivity index (χ0) is 18.4. The Morgan fingerprint density at radius 3 is 2.76 bits per heavy atom. The Bertz CT molecular complexity index is 700. The number of amides is 2. The van der Waals surface area contributed by atoms with E-state index < -0.39 is 11.9 Å². The molecule has 1 aliphatic heterocycles. The quantitative estimate of drug-likeness (QED) is 0.535. The number of nitrogens with one attached hydrogen (secondary N) is 1. The molecular formula is C17H20N2O6. The number of fused-ring (bicyclic) bond motifs is 1. The van der Waals surface area contributed by atoms with Crippen molar-refractivity contribution in [3.63, 3.8) is 0 Å². The number of anilines is 1. The molecule has 0 atom stereocenters. The second-order valence-electron chi connectivity index (χ2n) is 5.58. The molecule has 0 aliphatic carbocycles. The number of ketones is 1. The summed E-state index contributed by atoms with van der Waals surface area (Å²) in [6.45, 7) is 1.56. The fourth-order valence-corrected chi connectivity index (χ4v) is 2.42. The van der Waals surface area contributed by atoms with Crippen LogP contribution in [0.5, 0.6) is 5.75 Å². The highest BCUT2D eigenvalue weighted by molar-refractivity contribution is 6.04. The largest absolute Gasteiger partial charge is 0.482 e. The number of Topliss-reactive ketones (excluding diaryl/α,β-unsaturated/α-hetero) is 1. The highest BCUT2D eigenvalue weighted by Crippen LogP contribution is 2.33. The average molecular weight is 348 g/mol. The molecule has 0 bridgehead atoms. The van der Waals surface area contributed by atoms with Crippen molar-refractivity contribution < 1.29 is 29.0 Å². The highest BCUT2D eigenvalue weighted by atomic mass is 16.5. The van der Waals surface area contributed by atoms with E-state index in [1.54, 1.807) is 25.1 Å². The van der Waals surface area contributed by atoms with Crippen molar-refractivity contribution in [3.05, 3.63) is 23.8 Å². The van der Waals surface area contributed by atoms with Crippen LogP contribution >= 0.6 is 0 Å². The fraction of sp³-hybridized carbons (Fsp3) is 0.412. The van der Waals surface area contributed by atoms with Crippen LogP contribution in [0.2, 0.25) is 0 Å². The van der Waals surface area contributed by atoms with E-state index in [4.69, 9.17) is 9.84 Å². The first-order valence-corrected chi connectivity index (χ1v) is 8.01. The fourth-order valence-electron chi connectivity index (χ4n) is 2.42. The van der Waals surface area contributed by atoms with E-state index in [1.807, 2.05) is 0 Å². The van der Waals surface area contributed by atoms with Crippen molar-refractivity contribution >= 4 is 29.3 Å². The second kappa shape index (κ2) is 8.27. The Morgan fingerprint density at radius 1 is 1.32 bits per heavy atom. The van der Waals surface area contributed by atoms with Gasteiger partial charge in [-0.05, 0) is 24.6 Å². The van der Waals surface area contributed by atoms with E-state index >= 15 is 0 Å². The van der Waals surface area contributed by atoms with Crippen LogP contribution in [0.15, 0.2) is 18.2 Å². The molecule has 8 nitrogen and oxygen atoms in total. The number of ether oxygens (including phenoxy) is 1. The van der Waals surface area contributed by atoms with Crippen molar-refractivity contribution in [1.82, 2.24) is 5.32 Å². The third kappa shape index (κ3) is 4.79. The number of rotatable bonds is 8. The molecule has 25 heavy (non-hydrogen) atoms. The number of hydrogen-bond donors (Lipinski definition) is 2. The molecule has 0 spiro atoms. The van der Waals surface area contributed by atoms with Crippen LogP contribution in [0, 0.1) is 0 Å². The lowest BCUT2D eigenvalue weighted by Crippen LogP contribution is -2.45. The molecule has 134 valence electrons. The minimum Gasteiger partial charge on any atom is -0.482 e. The van der Waals surface area contributed by atoms with Gasteiger partial charge in [0.2, 0.25) is 5.91 Å². The van der Waals surface area contributed by atoms with Gasteiger partial charge in [-0.3, -0.25) is 24.1 Å². The van der Waals surface area contributed by atoms with Gasteiger partial charge in [0.1, 0.15) is 12.3 Å². The molecule has 1 aromatic rings. The third-order valence-electron chi connectivity index (χ3n) is 3.74. The first-order chi connectivity index (χ1) is 11.9. The van der Waals surface area contributed by atoms with Gasteiger partial charge in [-0.1, -0.05) is 6.92 Å². The predicted octanol–water partition coefficient (Wildman–Crippen LogP) is 0.986. The number of aliphatic carboxylic acids is 1. The van der Waals surface area contributed by atoms with Gasteiger partial charge in [0.15, 0.2) is 12.4 Å². The van der Waals surface area contributed by atoms with Gasteiger partial charge < -0.3 is 15.2 Å². The first-order valence-electron chi connectivity index (χ1n) is 8.01. The number of hydrogen-bond acceptors (Lipinski definition) is 5. The summed E-state index contributed by atoms with van der Waals surface area (Å²) in [5, 5.41) is 11.1. The molecule has 0 unspecified atom stereocenters. The molecule has 0 aromatic heterocycles. The van der Waals surface area contributed by atoms with Crippen LogP contribution in [0.4, 0.5) is 5.69 Å². The number of carboxylic acid groups (broad SMARTS) is 1. The Morgan fingerprint density at radius 2 is 2.08 bits per heavy atom. The van der Waals surface area contributed by atoms with Gasteiger partial charge in [-0.25, -0.2) is 0 Å². The molecule has 8 heteroatoms. The van der Waals surface area contributed by atoms with E-state index in [-0.39, 0.29) is 37.8 Å². The van der Waals surface area contributed by atoms with E-state index in [0.29, 0.717) is 29.8 Å². The molecule has 0 saturated heterocycles. The van der Waals surface area contributed by atoms with E-state index in [1.165, 1.54) is 4.90 Å². The first kappa shape index (κ1) is 18.4. The molecule has 1 heterocycles. The van der Waals surface area contributed by atoms with Crippen LogP contribution in [-0.4, -0.2) is 48.4 Å². The normalized spacial score (nSPS) is 13.0. The van der Waals surface area contributed by atoms with Crippen molar-refractivity contribution in [2.75, 3.05) is 24.6 Å². The molecule has 0 saturated carbocycles. The Balaban J connectivity index is 2.08. The zero-order valence-electron chi connectivity index (χ0n) is 13.9. The van der Waals surface area contributed by atoms with Crippen molar-refractivity contribution in [2.45, 2.75) is 26.2 Å². The van der Waals surface area contributed by atoms with Crippen LogP contribution in [-0.2, 0) is 14.4 Å². The van der Waals surface area contributed by atoms with Gasteiger partial charge in [0.05, 0.1) is 5.69 Å². The second-order valence-corrected chi connectivity index (χ2v) is 5.58. The summed E-state index contributed by atoms with van der Waals surface area (Å²) < 4.78 is 5.34. The molecule has 0 fully saturated rings. The topological polar surface area (TPSA) is 113 Å². The maximum atomic E-state index is 12.1. The maximum Gasteiger partial charge on any atom is 0.303 e. The minimum absolute atomic E-state index is 0.0396. The number of carbonyl (C=O) groups excluding carboxylic acids is 3. The van der Waals surface area contributed by atoms with Crippen LogP contribution < -0.4 is 15.0 Å². The molecule has 1 aromatic carbocycles. The Hall–Kier alpha value is -2.90. The van der Waals surface area contributed by atoms with Gasteiger partial charge in [-0.15, -0.1) is 0 Å². The number of benzene rings is 1. The summed E-state index contributed by atoms with van der Waals surface area (Å²) in [6.07, 6.45) is 0.601. The standard InChI is InChI=1S/C17H20N2O6/c1-2-13(20)11-5-6-14-12(8-11)19(16(22)10-25-14)9-15(21)18-7-3-4-17(23)24/h5-6,8H,2-4,7,9-10H2,1H3,(H,18,21)(H,23,24). The number of carboxylic acids is 1. The lowest BCUT2D eigenvalue weighted by molar-refractivity contribution is -0.137. The van der Waals surface area contributed by atoms with E-state index in [0.717, 1.165) is 0 Å². The van der Waals surface area contributed by atoms with Gasteiger partial charge >= 0.3 is 5.97 Å². The zero-order valence-corrected chi connectivity index (χ0v) is 13.9. The predicted molar refractivity (Wildman–Crippen MR) is 88.8 cm³/mol. The monoisotopic (exact) mass is 348 g/mol. The molecule has 2 amide bonds. The highest BCUT2D eigenvalue weighted by Gasteiger charge is 2.28. The van der Waals surface area contributed by atoms with Crippen LogP contribution in [0.1, 0.15) is 36.5 Å². The molecule has 2 N–H and O–H groups in total. The molecular weight excluding hydrogens is 328 g/mol. The lowest BCUT2D eigenvalue weighted by Gasteiger charge is -2.29. The summed E-state index contributed by atoms with van der Waals surface area (Å²) in [5.74, 6) is -1.35. The third-order valence-corrected chi connectivity index (χ3v) is 3.74. The lowest BCUT2D eigenvalue weighted by atomic mass is 10.1. The Kier molecular flexibility index (Phi) is 6.10. The average Bonchev–Trinajstić information content (AvgIpc) is 2.60. The van der Waals surface area contributed by atoms with Crippen LogP contribution in [0.25, 0.3) is 0 Å². The Labute approximate surface area is 144 Å². The van der Waals surface area contributed by atoms with Gasteiger partial charge in [0, 0.05) is 24.9 Å². The summed E-state index contributed by atoms with van der Waals surface area (Å²) in [7, 11) is 0. The minimum atomic E-state index is -0.931. The van der Waals surface area contributed by atoms with Crippen LogP contribution in [0.3, 0.4) is 0 Å². The van der Waals surface area contributed by atoms with Crippen molar-refractivity contribution in [2.24, 2.45) is 0 Å². The van der Waals surface area contributed by atoms with Crippen molar-refractivity contribution in [1.29, 1.82) is 0 Å². The number of carbonyl (C=O) groups is 4. The summed E-state index contributed by atoms with van der Waals surface area (Å²) in [5.41, 5.74) is 0.836. The molecule has 1 aliphatic rings. The van der Waals surface area contributed by atoms with E-state index in [9.17, 15) is 19.2 Å². The van der Waals surface area contributed by atoms with Gasteiger partial charge in [0.25, 0.3) is 5.91 Å². The van der Waals surface area contributed by atoms with Crippen molar-refractivity contribution in [3.8, 4) is 5.75 Å². The SMILES string of the molecule is CCC(=O)c1ccc2c(c1)N(CC(=O)NCCCC(=O)O)C(=O)CO2. The maximum absolute atomic E-state index is 12.1. The summed E-state index contributed by atoms with van der Waals surface area (Å²) in [4.78, 5) is 47.7. The van der Waals surface area contributed by atoms with Gasteiger partial charge in [-0.2, -0.15) is 0 Å². The smallest absolute Gasteiger partial charge is 0.303 e. The number of nitrogens with zero attached hydrogens (tertiary/aromatic N) is 1. The summed E-state index contributed by atoms with van der Waals surface area (Å²) >= 11 is 0. The van der Waals surface area contributed by atoms with E-state index in [2.05, 4.69) is 5.32 Å². The molecule has 0 radical (unpaired) electrons. The molecule has 2 rings (SSSR count).